The molecule has 80 valence electrons. The molecule has 2 aliphatic rings. The highest BCUT2D eigenvalue weighted by Crippen LogP contribution is 2.35. The molecular formula is C14H24. The van der Waals surface area contributed by atoms with Gasteiger partial charge in [-0.25, -0.2) is 0 Å². The van der Waals surface area contributed by atoms with Crippen LogP contribution in [0.1, 0.15) is 58.3 Å². The highest BCUT2D eigenvalue weighted by Gasteiger charge is 2.21. The summed E-state index contributed by atoms with van der Waals surface area (Å²) in [6.07, 6.45) is 16.5. The summed E-state index contributed by atoms with van der Waals surface area (Å²) < 4.78 is 0. The van der Waals surface area contributed by atoms with Crippen LogP contribution in [0.2, 0.25) is 0 Å². The molecule has 14 heavy (non-hydrogen) atoms. The molecule has 0 bridgehead atoms. The minimum Gasteiger partial charge on any atom is -0.0885 e. The highest BCUT2D eigenvalue weighted by atomic mass is 14.3. The molecule has 2 aliphatic carbocycles. The Balaban J connectivity index is 1.72. The van der Waals surface area contributed by atoms with Gasteiger partial charge < -0.3 is 0 Å². The summed E-state index contributed by atoms with van der Waals surface area (Å²) in [5.74, 6) is 3.11. The lowest BCUT2D eigenvalue weighted by Crippen LogP contribution is -2.16. The van der Waals surface area contributed by atoms with Gasteiger partial charge in [0.25, 0.3) is 0 Å². The van der Waals surface area contributed by atoms with Crippen molar-refractivity contribution < 1.29 is 0 Å². The first-order valence-electron chi connectivity index (χ1n) is 6.49. The molecule has 0 aliphatic heterocycles. The van der Waals surface area contributed by atoms with Crippen molar-refractivity contribution in [3.63, 3.8) is 0 Å². The van der Waals surface area contributed by atoms with Crippen molar-refractivity contribution in [1.29, 1.82) is 0 Å². The maximum absolute atomic E-state index is 2.42. The van der Waals surface area contributed by atoms with Gasteiger partial charge in [0.2, 0.25) is 0 Å². The molecule has 0 nitrogen and oxygen atoms in total. The average molecular weight is 192 g/mol. The third kappa shape index (κ3) is 2.87. The van der Waals surface area contributed by atoms with Crippen molar-refractivity contribution in [2.45, 2.75) is 58.3 Å². The van der Waals surface area contributed by atoms with E-state index in [0.29, 0.717) is 0 Å². The SMILES string of the molecule is CC1CCC(CC2CC=CCC2)CC1. The first-order valence-corrected chi connectivity index (χ1v) is 6.49. The number of hydrogen-bond donors (Lipinski definition) is 0. The van der Waals surface area contributed by atoms with Crippen LogP contribution in [0.3, 0.4) is 0 Å². The summed E-state index contributed by atoms with van der Waals surface area (Å²) in [7, 11) is 0. The van der Waals surface area contributed by atoms with Gasteiger partial charge in [-0.2, -0.15) is 0 Å². The van der Waals surface area contributed by atoms with E-state index >= 15 is 0 Å². The molecule has 2 rings (SSSR count). The standard InChI is InChI=1S/C14H24/c1-12-7-9-14(10-8-12)11-13-5-3-2-4-6-13/h2-3,12-14H,4-11H2,1H3. The lowest BCUT2D eigenvalue weighted by molar-refractivity contribution is 0.239. The van der Waals surface area contributed by atoms with Crippen LogP contribution in [0.4, 0.5) is 0 Å². The van der Waals surface area contributed by atoms with Gasteiger partial charge in [-0.05, 0) is 43.4 Å². The van der Waals surface area contributed by atoms with Crippen LogP contribution >= 0.6 is 0 Å². The van der Waals surface area contributed by atoms with E-state index in [1.54, 1.807) is 0 Å². The van der Waals surface area contributed by atoms with Gasteiger partial charge in [0.05, 0.1) is 0 Å². The second kappa shape index (κ2) is 5.00. The van der Waals surface area contributed by atoms with Crippen molar-refractivity contribution in [3.05, 3.63) is 12.2 Å². The zero-order chi connectivity index (χ0) is 9.80. The molecule has 1 atom stereocenters. The Bertz CT molecular complexity index is 184. The molecule has 1 unspecified atom stereocenters. The summed E-state index contributed by atoms with van der Waals surface area (Å²) in [4.78, 5) is 0. The first-order chi connectivity index (χ1) is 6.84. The summed E-state index contributed by atoms with van der Waals surface area (Å²) in [5.41, 5.74) is 0. The first kappa shape index (κ1) is 10.3. The van der Waals surface area contributed by atoms with Gasteiger partial charge >= 0.3 is 0 Å². The largest absolute Gasteiger partial charge is 0.0885 e. The normalized spacial score (nSPS) is 38.5. The van der Waals surface area contributed by atoms with Gasteiger partial charge in [-0.1, -0.05) is 44.8 Å². The van der Waals surface area contributed by atoms with E-state index < -0.39 is 0 Å². The quantitative estimate of drug-likeness (QED) is 0.563. The highest BCUT2D eigenvalue weighted by molar-refractivity contribution is 4.90. The van der Waals surface area contributed by atoms with E-state index in [-0.39, 0.29) is 0 Å². The van der Waals surface area contributed by atoms with Crippen molar-refractivity contribution in [3.8, 4) is 0 Å². The summed E-state index contributed by atoms with van der Waals surface area (Å²) in [6, 6.07) is 0. The molecule has 0 amide bonds. The Labute approximate surface area is 88.8 Å². The summed E-state index contributed by atoms with van der Waals surface area (Å²) in [6.45, 7) is 2.42. The number of hydrogen-bond acceptors (Lipinski definition) is 0. The fourth-order valence-corrected chi connectivity index (χ4v) is 3.11. The molecule has 1 saturated carbocycles. The number of rotatable bonds is 2. The Morgan fingerprint density at radius 3 is 2.36 bits per heavy atom. The predicted octanol–water partition coefficient (Wildman–Crippen LogP) is 4.56. The molecular weight excluding hydrogens is 168 g/mol. The van der Waals surface area contributed by atoms with Gasteiger partial charge in [-0.3, -0.25) is 0 Å². The van der Waals surface area contributed by atoms with Crippen LogP contribution in [0, 0.1) is 17.8 Å². The third-order valence-corrected chi connectivity index (χ3v) is 4.18. The van der Waals surface area contributed by atoms with Crippen LogP contribution < -0.4 is 0 Å². The van der Waals surface area contributed by atoms with E-state index in [1.807, 2.05) is 0 Å². The maximum atomic E-state index is 2.42. The van der Waals surface area contributed by atoms with Crippen molar-refractivity contribution in [2.75, 3.05) is 0 Å². The van der Waals surface area contributed by atoms with E-state index in [2.05, 4.69) is 19.1 Å². The molecule has 0 heteroatoms. The molecule has 0 aromatic rings. The van der Waals surface area contributed by atoms with E-state index in [9.17, 15) is 0 Å². The van der Waals surface area contributed by atoms with Crippen LogP contribution in [-0.2, 0) is 0 Å². The molecule has 0 aromatic heterocycles. The minimum atomic E-state index is 1.01. The van der Waals surface area contributed by atoms with Gasteiger partial charge in [0.15, 0.2) is 0 Å². The number of allylic oxidation sites excluding steroid dienone is 2. The lowest BCUT2D eigenvalue weighted by atomic mass is 9.76. The summed E-state index contributed by atoms with van der Waals surface area (Å²) in [5, 5.41) is 0. The summed E-state index contributed by atoms with van der Waals surface area (Å²) >= 11 is 0. The molecule has 0 aromatic carbocycles. The Morgan fingerprint density at radius 1 is 0.929 bits per heavy atom. The second-order valence-corrected chi connectivity index (χ2v) is 5.51. The zero-order valence-corrected chi connectivity index (χ0v) is 9.54. The van der Waals surface area contributed by atoms with E-state index in [1.165, 1.54) is 51.4 Å². The molecule has 0 saturated heterocycles. The molecule has 0 heterocycles. The predicted molar refractivity (Wildman–Crippen MR) is 62.2 cm³/mol. The molecule has 0 spiro atoms. The Morgan fingerprint density at radius 2 is 1.71 bits per heavy atom. The van der Waals surface area contributed by atoms with Crippen molar-refractivity contribution in [1.82, 2.24) is 0 Å². The molecule has 0 radical (unpaired) electrons. The third-order valence-electron chi connectivity index (χ3n) is 4.18. The fraction of sp³-hybridized carbons (Fsp3) is 0.857. The van der Waals surface area contributed by atoms with Crippen LogP contribution in [-0.4, -0.2) is 0 Å². The molecule has 0 N–H and O–H groups in total. The topological polar surface area (TPSA) is 0 Å². The average Bonchev–Trinajstić information content (AvgIpc) is 2.23. The second-order valence-electron chi connectivity index (χ2n) is 5.51. The van der Waals surface area contributed by atoms with Gasteiger partial charge in [0.1, 0.15) is 0 Å². The van der Waals surface area contributed by atoms with Gasteiger partial charge in [-0.15, -0.1) is 0 Å². The van der Waals surface area contributed by atoms with E-state index in [4.69, 9.17) is 0 Å². The van der Waals surface area contributed by atoms with E-state index in [0.717, 1.165) is 17.8 Å². The monoisotopic (exact) mass is 192 g/mol. The Hall–Kier alpha value is -0.260. The maximum Gasteiger partial charge on any atom is -0.0322 e. The zero-order valence-electron chi connectivity index (χ0n) is 9.54. The Kier molecular flexibility index (Phi) is 3.67. The lowest BCUT2D eigenvalue weighted by Gasteiger charge is -2.29. The van der Waals surface area contributed by atoms with Gasteiger partial charge in [0, 0.05) is 0 Å². The fourth-order valence-electron chi connectivity index (χ4n) is 3.11. The smallest absolute Gasteiger partial charge is 0.0322 e. The van der Waals surface area contributed by atoms with Crippen LogP contribution in [0.5, 0.6) is 0 Å². The van der Waals surface area contributed by atoms with Crippen LogP contribution in [0.25, 0.3) is 0 Å². The van der Waals surface area contributed by atoms with Crippen molar-refractivity contribution >= 4 is 0 Å². The van der Waals surface area contributed by atoms with Crippen molar-refractivity contribution in [2.24, 2.45) is 17.8 Å². The molecule has 1 fully saturated rings. The van der Waals surface area contributed by atoms with Crippen LogP contribution in [0.15, 0.2) is 12.2 Å². The minimum absolute atomic E-state index is 1.01.